The van der Waals surface area contributed by atoms with Gasteiger partial charge in [0.1, 0.15) is 12.1 Å². The predicted molar refractivity (Wildman–Crippen MR) is 71.2 cm³/mol. The molecule has 0 aliphatic heterocycles. The van der Waals surface area contributed by atoms with Crippen LogP contribution in [0.4, 0.5) is 0 Å². The van der Waals surface area contributed by atoms with Crippen LogP contribution in [0.3, 0.4) is 0 Å². The second-order valence-electron chi connectivity index (χ2n) is 4.18. The second-order valence-corrected chi connectivity index (χ2v) is 4.18. The van der Waals surface area contributed by atoms with Gasteiger partial charge in [-0.05, 0) is 12.6 Å². The van der Waals surface area contributed by atoms with Gasteiger partial charge in [0.2, 0.25) is 11.8 Å². The molecule has 1 aromatic carbocycles. The van der Waals surface area contributed by atoms with Crippen molar-refractivity contribution in [1.82, 2.24) is 10.6 Å². The average molecular weight is 265 g/mol. The van der Waals surface area contributed by atoms with E-state index >= 15 is 0 Å². The van der Waals surface area contributed by atoms with Crippen LogP contribution < -0.4 is 16.4 Å². The van der Waals surface area contributed by atoms with Crippen molar-refractivity contribution < 1.29 is 14.7 Å². The Morgan fingerprint density at radius 2 is 1.89 bits per heavy atom. The molecule has 104 valence electrons. The summed E-state index contributed by atoms with van der Waals surface area (Å²) in [5.41, 5.74) is 6.18. The highest BCUT2D eigenvalue weighted by Gasteiger charge is 2.22. The molecule has 6 heteroatoms. The van der Waals surface area contributed by atoms with Crippen LogP contribution in [-0.2, 0) is 16.0 Å². The normalized spacial score (nSPS) is 13.6. The lowest BCUT2D eigenvalue weighted by Crippen LogP contribution is -2.53. The lowest BCUT2D eigenvalue weighted by atomic mass is 10.1. The number of carbonyl (C=O) groups is 2. The molecule has 0 aromatic heterocycles. The second kappa shape index (κ2) is 7.50. The van der Waals surface area contributed by atoms with Crippen molar-refractivity contribution in [2.75, 3.05) is 13.7 Å². The number of rotatable bonds is 7. The fourth-order valence-corrected chi connectivity index (χ4v) is 1.65. The van der Waals surface area contributed by atoms with Gasteiger partial charge in [0.05, 0.1) is 6.61 Å². The standard InChI is InChI=1S/C13H19N3O3/c1-15-11(8-17)13(19)16-10(12(14)18)7-9-5-3-2-4-6-9/h2-6,10-11,15,17H,7-8H2,1H3,(H2,14,18)(H,16,19)/t10-,11-/m0/s1. The molecule has 0 saturated heterocycles. The predicted octanol–water partition coefficient (Wildman–Crippen LogP) is -1.22. The van der Waals surface area contributed by atoms with Crippen molar-refractivity contribution in [3.05, 3.63) is 35.9 Å². The topological polar surface area (TPSA) is 104 Å². The van der Waals surface area contributed by atoms with Gasteiger partial charge in [0.15, 0.2) is 0 Å². The highest BCUT2D eigenvalue weighted by atomic mass is 16.3. The first kappa shape index (κ1) is 15.1. The number of amides is 2. The summed E-state index contributed by atoms with van der Waals surface area (Å²) >= 11 is 0. The van der Waals surface area contributed by atoms with E-state index in [4.69, 9.17) is 10.8 Å². The maximum atomic E-state index is 11.8. The molecule has 0 bridgehead atoms. The summed E-state index contributed by atoms with van der Waals surface area (Å²) in [6.07, 6.45) is 0.323. The summed E-state index contributed by atoms with van der Waals surface area (Å²) in [6.45, 7) is -0.348. The number of hydrogen-bond donors (Lipinski definition) is 4. The molecule has 0 heterocycles. The highest BCUT2D eigenvalue weighted by Crippen LogP contribution is 2.03. The quantitative estimate of drug-likeness (QED) is 0.496. The van der Waals surface area contributed by atoms with Crippen molar-refractivity contribution in [2.45, 2.75) is 18.5 Å². The van der Waals surface area contributed by atoms with Crippen molar-refractivity contribution in [1.29, 1.82) is 0 Å². The molecule has 0 aliphatic carbocycles. The maximum Gasteiger partial charge on any atom is 0.240 e. The van der Waals surface area contributed by atoms with Gasteiger partial charge in [0.25, 0.3) is 0 Å². The Morgan fingerprint density at radius 1 is 1.26 bits per heavy atom. The molecule has 2 atom stereocenters. The molecule has 0 fully saturated rings. The Kier molecular flexibility index (Phi) is 5.98. The summed E-state index contributed by atoms with van der Waals surface area (Å²) in [7, 11) is 1.55. The average Bonchev–Trinajstić information content (AvgIpc) is 2.40. The van der Waals surface area contributed by atoms with E-state index < -0.39 is 23.9 Å². The van der Waals surface area contributed by atoms with Crippen molar-refractivity contribution >= 4 is 11.8 Å². The molecule has 0 spiro atoms. The van der Waals surface area contributed by atoms with Gasteiger partial charge in [0, 0.05) is 6.42 Å². The van der Waals surface area contributed by atoms with E-state index in [9.17, 15) is 9.59 Å². The number of aliphatic hydroxyl groups is 1. The van der Waals surface area contributed by atoms with E-state index in [1.54, 1.807) is 7.05 Å². The zero-order valence-corrected chi connectivity index (χ0v) is 10.8. The smallest absolute Gasteiger partial charge is 0.240 e. The molecule has 5 N–H and O–H groups in total. The minimum Gasteiger partial charge on any atom is -0.394 e. The van der Waals surface area contributed by atoms with Gasteiger partial charge in [-0.3, -0.25) is 9.59 Å². The maximum absolute atomic E-state index is 11.8. The van der Waals surface area contributed by atoms with Crippen molar-refractivity contribution in [2.24, 2.45) is 5.73 Å². The SMILES string of the molecule is CN[C@@H](CO)C(=O)N[C@@H](Cc1ccccc1)C(N)=O. The van der Waals surface area contributed by atoms with E-state index in [0.717, 1.165) is 5.56 Å². The molecule has 19 heavy (non-hydrogen) atoms. The molecular weight excluding hydrogens is 246 g/mol. The van der Waals surface area contributed by atoms with E-state index in [-0.39, 0.29) is 6.61 Å². The Balaban J connectivity index is 2.69. The number of hydrogen-bond acceptors (Lipinski definition) is 4. The summed E-state index contributed by atoms with van der Waals surface area (Å²) in [6, 6.07) is 7.71. The molecule has 0 radical (unpaired) electrons. The Labute approximate surface area is 112 Å². The summed E-state index contributed by atoms with van der Waals surface area (Å²) in [5.74, 6) is -1.06. The minimum atomic E-state index is -0.794. The van der Waals surface area contributed by atoms with Gasteiger partial charge >= 0.3 is 0 Å². The third-order valence-electron chi connectivity index (χ3n) is 2.79. The number of nitrogens with one attached hydrogen (secondary N) is 2. The van der Waals surface area contributed by atoms with E-state index in [1.165, 1.54) is 0 Å². The van der Waals surface area contributed by atoms with Crippen LogP contribution >= 0.6 is 0 Å². The van der Waals surface area contributed by atoms with Gasteiger partial charge in [-0.25, -0.2) is 0 Å². The minimum absolute atomic E-state index is 0.323. The first-order valence-corrected chi connectivity index (χ1v) is 6.00. The molecule has 0 aliphatic rings. The van der Waals surface area contributed by atoms with Crippen molar-refractivity contribution in [3.63, 3.8) is 0 Å². The van der Waals surface area contributed by atoms with Crippen LogP contribution in [0.15, 0.2) is 30.3 Å². The third kappa shape index (κ3) is 4.69. The van der Waals surface area contributed by atoms with Crippen molar-refractivity contribution in [3.8, 4) is 0 Å². The fourth-order valence-electron chi connectivity index (χ4n) is 1.65. The van der Waals surface area contributed by atoms with Gasteiger partial charge in [-0.2, -0.15) is 0 Å². The van der Waals surface area contributed by atoms with Crippen LogP contribution in [0.25, 0.3) is 0 Å². The lowest BCUT2D eigenvalue weighted by molar-refractivity contribution is -0.129. The molecule has 0 saturated carbocycles. The largest absolute Gasteiger partial charge is 0.394 e. The van der Waals surface area contributed by atoms with Crippen LogP contribution in [0, 0.1) is 0 Å². The van der Waals surface area contributed by atoms with Crippen LogP contribution in [0.5, 0.6) is 0 Å². The van der Waals surface area contributed by atoms with E-state index in [2.05, 4.69) is 10.6 Å². The summed E-state index contributed by atoms with van der Waals surface area (Å²) < 4.78 is 0. The zero-order valence-electron chi connectivity index (χ0n) is 10.8. The number of benzene rings is 1. The van der Waals surface area contributed by atoms with Gasteiger partial charge in [-0.15, -0.1) is 0 Å². The third-order valence-corrected chi connectivity index (χ3v) is 2.79. The van der Waals surface area contributed by atoms with E-state index in [0.29, 0.717) is 6.42 Å². The number of primary amides is 1. The van der Waals surface area contributed by atoms with Gasteiger partial charge in [-0.1, -0.05) is 30.3 Å². The van der Waals surface area contributed by atoms with Gasteiger partial charge < -0.3 is 21.5 Å². The van der Waals surface area contributed by atoms with Crippen LogP contribution in [0.1, 0.15) is 5.56 Å². The molecule has 0 unspecified atom stereocenters. The Bertz CT molecular complexity index is 418. The number of aliphatic hydroxyl groups excluding tert-OH is 1. The summed E-state index contributed by atoms with van der Waals surface area (Å²) in [4.78, 5) is 23.1. The lowest BCUT2D eigenvalue weighted by Gasteiger charge is -2.19. The van der Waals surface area contributed by atoms with Crippen LogP contribution in [0.2, 0.25) is 0 Å². The number of carbonyl (C=O) groups excluding carboxylic acids is 2. The molecule has 1 rings (SSSR count). The Hall–Kier alpha value is -1.92. The number of nitrogens with two attached hydrogens (primary N) is 1. The first-order chi connectivity index (χ1) is 9.08. The molecule has 1 aromatic rings. The van der Waals surface area contributed by atoms with E-state index in [1.807, 2.05) is 30.3 Å². The molecule has 6 nitrogen and oxygen atoms in total. The fraction of sp³-hybridized carbons (Fsp3) is 0.385. The molecule has 2 amide bonds. The summed E-state index contributed by atoms with van der Waals surface area (Å²) in [5, 5.41) is 14.2. The van der Waals surface area contributed by atoms with Crippen LogP contribution in [-0.4, -0.2) is 42.7 Å². The Morgan fingerprint density at radius 3 is 2.37 bits per heavy atom. The zero-order chi connectivity index (χ0) is 14.3. The highest BCUT2D eigenvalue weighted by molar-refractivity contribution is 5.89. The number of likely N-dealkylation sites (N-methyl/N-ethyl adjacent to an activating group) is 1. The first-order valence-electron chi connectivity index (χ1n) is 6.00. The molecular formula is C13H19N3O3. The monoisotopic (exact) mass is 265 g/mol.